The molecule has 0 aliphatic carbocycles. The van der Waals surface area contributed by atoms with E-state index in [0.717, 1.165) is 78.2 Å². The number of aromatic hydroxyl groups is 2. The van der Waals surface area contributed by atoms with Crippen LogP contribution in [-0.2, 0) is 13.1 Å². The summed E-state index contributed by atoms with van der Waals surface area (Å²) in [5.74, 6) is 0.582. The standard InChI is InChI=1S/C40H40N6O2.2HI/c1-45(2,3)23-27-19-25(7-17-37(27)47)39-33-13-9-29(41-33)21-31-11-15-35(43-31)40(26-8-18-38(48)28(20-26)24-46(4,5)6)36-16-12-32(44-36)22-30-10-14-34(39)42-30;;/h7-22H,23-24H2,1-6H3,(H2-2,41,42,43,44,47,48);2*1H. The van der Waals surface area contributed by atoms with E-state index in [9.17, 15) is 10.2 Å². The van der Waals surface area contributed by atoms with Gasteiger partial charge in [0.2, 0.25) is 0 Å². The third kappa shape index (κ3) is 8.14. The Morgan fingerprint density at radius 2 is 0.920 bits per heavy atom. The summed E-state index contributed by atoms with van der Waals surface area (Å²) in [4.78, 5) is 17.4. The van der Waals surface area contributed by atoms with Crippen molar-refractivity contribution in [2.45, 2.75) is 13.1 Å². The fourth-order valence-corrected chi connectivity index (χ4v) is 6.44. The van der Waals surface area contributed by atoms with E-state index in [1.54, 1.807) is 12.1 Å². The molecular formula is C40H42I2N6O2. The van der Waals surface area contributed by atoms with Gasteiger partial charge in [0.1, 0.15) is 24.6 Å². The number of H-pyrrole nitrogens is 2. The third-order valence-corrected chi connectivity index (χ3v) is 8.42. The second kappa shape index (κ2) is 14.3. The Balaban J connectivity index is 0.00000243. The zero-order chi connectivity index (χ0) is 33.8. The van der Waals surface area contributed by atoms with E-state index < -0.39 is 0 Å². The van der Waals surface area contributed by atoms with Gasteiger partial charge in [-0.15, -0.1) is 0 Å². The van der Waals surface area contributed by atoms with E-state index in [0.29, 0.717) is 33.6 Å². The molecule has 10 heteroatoms. The van der Waals surface area contributed by atoms with Gasteiger partial charge in [0.05, 0.1) is 65.1 Å². The molecule has 3 aromatic heterocycles. The minimum absolute atomic E-state index is 0. The summed E-state index contributed by atoms with van der Waals surface area (Å²) in [6.45, 7) is 1.37. The zero-order valence-corrected chi connectivity index (χ0v) is 33.4. The Bertz CT molecular complexity index is 2140. The molecule has 0 saturated heterocycles. The van der Waals surface area contributed by atoms with Crippen molar-refractivity contribution in [1.29, 1.82) is 0 Å². The van der Waals surface area contributed by atoms with Crippen molar-refractivity contribution in [1.82, 2.24) is 19.9 Å². The molecule has 0 amide bonds. The molecule has 7 rings (SSSR count). The number of benzene rings is 2. The Labute approximate surface area is 327 Å². The van der Waals surface area contributed by atoms with Crippen LogP contribution >= 0.6 is 0 Å². The lowest BCUT2D eigenvalue weighted by atomic mass is 10.0. The number of hydrogen-bond acceptors (Lipinski definition) is 4. The van der Waals surface area contributed by atoms with Gasteiger partial charge < -0.3 is 77.1 Å². The van der Waals surface area contributed by atoms with E-state index in [1.807, 2.05) is 48.6 Å². The molecule has 4 N–H and O–H groups in total. The number of aromatic amines is 2. The molecule has 5 heterocycles. The van der Waals surface area contributed by atoms with Crippen LogP contribution in [0.2, 0.25) is 0 Å². The second-order valence-electron chi connectivity index (χ2n) is 14.8. The molecular weight excluding hydrogens is 850 g/mol. The van der Waals surface area contributed by atoms with Crippen LogP contribution in [0.15, 0.2) is 72.8 Å². The SMILES string of the molecule is C[N+](C)(C)Cc1cc(-c2c3nc(cc4ccc([nH]4)c(-c4ccc(O)c(C[N+](C)(C)C)c4)c4nc(cc5ccc2[nH]5)C=C4)C=C3)ccc1O.[I-].[I-]. The molecule has 258 valence electrons. The maximum Gasteiger partial charge on any atom is 0.124 e. The van der Waals surface area contributed by atoms with Crippen molar-refractivity contribution in [3.8, 4) is 33.8 Å². The van der Waals surface area contributed by atoms with Gasteiger partial charge in [-0.1, -0.05) is 12.1 Å². The van der Waals surface area contributed by atoms with Crippen LogP contribution in [0.3, 0.4) is 0 Å². The van der Waals surface area contributed by atoms with Gasteiger partial charge in [-0.05, 0) is 96.1 Å². The Morgan fingerprint density at radius 1 is 0.520 bits per heavy atom. The van der Waals surface area contributed by atoms with Crippen LogP contribution < -0.4 is 48.0 Å². The highest BCUT2D eigenvalue weighted by molar-refractivity contribution is 5.93. The summed E-state index contributed by atoms with van der Waals surface area (Å²) in [5, 5.41) is 21.5. The van der Waals surface area contributed by atoms with Gasteiger partial charge in [0, 0.05) is 44.3 Å². The molecule has 8 bridgehead atoms. The van der Waals surface area contributed by atoms with Gasteiger partial charge in [0.25, 0.3) is 0 Å². The molecule has 2 aromatic carbocycles. The van der Waals surface area contributed by atoms with E-state index >= 15 is 0 Å². The van der Waals surface area contributed by atoms with Crippen LogP contribution in [0.1, 0.15) is 33.9 Å². The van der Waals surface area contributed by atoms with Crippen molar-refractivity contribution in [3.63, 3.8) is 0 Å². The lowest BCUT2D eigenvalue weighted by molar-refractivity contribution is -0.884. The highest BCUT2D eigenvalue weighted by Gasteiger charge is 2.19. The van der Waals surface area contributed by atoms with Crippen molar-refractivity contribution in [2.24, 2.45) is 0 Å². The number of fused-ring (bicyclic) bond motifs is 8. The molecule has 5 aromatic rings. The lowest BCUT2D eigenvalue weighted by Gasteiger charge is -2.24. The first-order valence-corrected chi connectivity index (χ1v) is 16.1. The van der Waals surface area contributed by atoms with E-state index in [-0.39, 0.29) is 48.0 Å². The minimum atomic E-state index is 0. The van der Waals surface area contributed by atoms with Crippen LogP contribution in [0.4, 0.5) is 0 Å². The Kier molecular flexibility index (Phi) is 10.7. The van der Waals surface area contributed by atoms with Crippen LogP contribution in [0, 0.1) is 0 Å². The first-order chi connectivity index (χ1) is 22.8. The first kappa shape index (κ1) is 37.3. The highest BCUT2D eigenvalue weighted by Crippen LogP contribution is 2.35. The van der Waals surface area contributed by atoms with Crippen LogP contribution in [0.5, 0.6) is 11.5 Å². The Hall–Kier alpha value is -3.98. The van der Waals surface area contributed by atoms with E-state index in [4.69, 9.17) is 9.97 Å². The normalized spacial score (nSPS) is 12.4. The number of nitrogens with one attached hydrogen (secondary N) is 2. The number of halogens is 2. The average Bonchev–Trinajstić information content (AvgIpc) is 3.81. The fraction of sp³-hybridized carbons (Fsp3) is 0.200. The third-order valence-electron chi connectivity index (χ3n) is 8.42. The number of aromatic nitrogens is 4. The van der Waals surface area contributed by atoms with Crippen molar-refractivity contribution in [3.05, 3.63) is 107 Å². The summed E-state index contributed by atoms with van der Waals surface area (Å²) in [6.07, 6.45) is 8.16. The first-order valence-electron chi connectivity index (χ1n) is 16.1. The van der Waals surface area contributed by atoms with Gasteiger partial charge in [-0.3, -0.25) is 0 Å². The predicted molar refractivity (Wildman–Crippen MR) is 197 cm³/mol. The van der Waals surface area contributed by atoms with Crippen molar-refractivity contribution in [2.75, 3.05) is 42.3 Å². The monoisotopic (exact) mass is 892 g/mol. The smallest absolute Gasteiger partial charge is 0.124 e. The predicted octanol–water partition coefficient (Wildman–Crippen LogP) is 1.82. The van der Waals surface area contributed by atoms with E-state index in [1.165, 1.54) is 0 Å². The summed E-state index contributed by atoms with van der Waals surface area (Å²) in [7, 11) is 12.7. The number of quaternary nitrogens is 2. The summed E-state index contributed by atoms with van der Waals surface area (Å²) < 4.78 is 1.38. The quantitative estimate of drug-likeness (QED) is 0.152. The number of nitrogens with zero attached hydrogens (tertiary/aromatic N) is 4. The van der Waals surface area contributed by atoms with Crippen molar-refractivity contribution >= 4 is 46.4 Å². The van der Waals surface area contributed by atoms with Gasteiger partial charge in [0.15, 0.2) is 0 Å². The fourth-order valence-electron chi connectivity index (χ4n) is 6.44. The average molecular weight is 893 g/mol. The second-order valence-corrected chi connectivity index (χ2v) is 14.8. The topological polar surface area (TPSA) is 97.8 Å². The molecule has 0 radical (unpaired) electrons. The number of phenolic OH excluding ortho intramolecular Hbond substituents is 2. The van der Waals surface area contributed by atoms with Crippen LogP contribution in [0.25, 0.3) is 68.6 Å². The zero-order valence-electron chi connectivity index (χ0n) is 29.1. The summed E-state index contributed by atoms with van der Waals surface area (Å²) in [6, 6.07) is 24.0. The maximum absolute atomic E-state index is 10.7. The minimum Gasteiger partial charge on any atom is -1.00 e. The maximum atomic E-state index is 10.7. The van der Waals surface area contributed by atoms with Crippen LogP contribution in [-0.4, -0.2) is 81.4 Å². The number of rotatable bonds is 6. The number of phenols is 2. The molecule has 50 heavy (non-hydrogen) atoms. The summed E-state index contributed by atoms with van der Waals surface area (Å²) >= 11 is 0. The lowest BCUT2D eigenvalue weighted by Crippen LogP contribution is -3.00. The molecule has 0 spiro atoms. The molecule has 0 atom stereocenters. The van der Waals surface area contributed by atoms with Gasteiger partial charge in [-0.2, -0.15) is 0 Å². The van der Waals surface area contributed by atoms with Gasteiger partial charge >= 0.3 is 0 Å². The van der Waals surface area contributed by atoms with E-state index in [2.05, 4.69) is 88.7 Å². The molecule has 0 saturated carbocycles. The molecule has 8 nitrogen and oxygen atoms in total. The molecule has 0 fully saturated rings. The Morgan fingerprint density at radius 3 is 1.30 bits per heavy atom. The largest absolute Gasteiger partial charge is 1.00 e. The molecule has 2 aliphatic rings. The molecule has 2 aliphatic heterocycles. The number of hydrogen-bond donors (Lipinski definition) is 4. The summed E-state index contributed by atoms with van der Waals surface area (Å²) in [5.41, 5.74) is 12.7. The van der Waals surface area contributed by atoms with Gasteiger partial charge in [-0.25, -0.2) is 9.97 Å². The molecule has 0 unspecified atom stereocenters. The highest BCUT2D eigenvalue weighted by atomic mass is 127. The van der Waals surface area contributed by atoms with Crippen molar-refractivity contribution < 1.29 is 67.1 Å².